The van der Waals surface area contributed by atoms with E-state index in [4.69, 9.17) is 9.47 Å². The summed E-state index contributed by atoms with van der Waals surface area (Å²) in [6, 6.07) is 12.1. The maximum absolute atomic E-state index is 10.9. The van der Waals surface area contributed by atoms with Gasteiger partial charge in [0.1, 0.15) is 18.1 Å². The van der Waals surface area contributed by atoms with Gasteiger partial charge in [0.15, 0.2) is 0 Å². The first-order chi connectivity index (χ1) is 11.7. The molecule has 0 unspecified atom stereocenters. The van der Waals surface area contributed by atoms with Crippen LogP contribution >= 0.6 is 0 Å². The van der Waals surface area contributed by atoms with Crippen molar-refractivity contribution in [3.8, 4) is 11.5 Å². The molecule has 0 amide bonds. The van der Waals surface area contributed by atoms with E-state index in [1.807, 2.05) is 31.2 Å². The fraction of sp³-hybridized carbons (Fsp3) is 0.235. The van der Waals surface area contributed by atoms with Crippen molar-refractivity contribution in [2.75, 3.05) is 13.2 Å². The molecule has 0 radical (unpaired) electrons. The summed E-state index contributed by atoms with van der Waals surface area (Å²) in [5, 5.41) is 16.0. The molecule has 0 spiro atoms. The van der Waals surface area contributed by atoms with E-state index in [-0.39, 0.29) is 5.69 Å². The molecule has 0 bridgehead atoms. The van der Waals surface area contributed by atoms with Gasteiger partial charge in [0.05, 0.1) is 29.8 Å². The first kappa shape index (κ1) is 15.8. The van der Waals surface area contributed by atoms with E-state index in [0.29, 0.717) is 19.8 Å². The Morgan fingerprint density at radius 1 is 1.12 bits per heavy atom. The van der Waals surface area contributed by atoms with Crippen LogP contribution in [0, 0.1) is 10.1 Å². The van der Waals surface area contributed by atoms with Crippen molar-refractivity contribution in [2.45, 2.75) is 13.5 Å². The molecule has 0 aliphatic rings. The highest BCUT2D eigenvalue weighted by Gasteiger charge is 2.10. The lowest BCUT2D eigenvalue weighted by atomic mass is 10.2. The summed E-state index contributed by atoms with van der Waals surface area (Å²) < 4.78 is 12.8. The molecule has 3 rings (SSSR count). The molecule has 7 heteroatoms. The lowest BCUT2D eigenvalue weighted by Gasteiger charge is -2.08. The maximum atomic E-state index is 10.9. The largest absolute Gasteiger partial charge is 0.494 e. The fourth-order valence-corrected chi connectivity index (χ4v) is 2.40. The van der Waals surface area contributed by atoms with E-state index in [1.165, 1.54) is 12.1 Å². The minimum Gasteiger partial charge on any atom is -0.494 e. The fourth-order valence-electron chi connectivity index (χ4n) is 2.40. The number of ether oxygens (including phenoxy) is 2. The zero-order chi connectivity index (χ0) is 16.9. The van der Waals surface area contributed by atoms with Gasteiger partial charge < -0.3 is 9.47 Å². The van der Waals surface area contributed by atoms with Crippen LogP contribution in [0.15, 0.2) is 48.7 Å². The number of hydrogen-bond acceptors (Lipinski definition) is 5. The Bertz CT molecular complexity index is 843. The van der Waals surface area contributed by atoms with E-state index < -0.39 is 4.92 Å². The Kier molecular flexibility index (Phi) is 4.60. The van der Waals surface area contributed by atoms with Crippen LogP contribution in [0.5, 0.6) is 11.5 Å². The molecule has 24 heavy (non-hydrogen) atoms. The van der Waals surface area contributed by atoms with Crippen LogP contribution in [0.1, 0.15) is 6.92 Å². The molecule has 0 atom stereocenters. The predicted molar refractivity (Wildman–Crippen MR) is 89.5 cm³/mol. The Labute approximate surface area is 138 Å². The second kappa shape index (κ2) is 6.99. The van der Waals surface area contributed by atoms with Crippen molar-refractivity contribution in [2.24, 2.45) is 0 Å². The van der Waals surface area contributed by atoms with Gasteiger partial charge in [-0.05, 0) is 37.3 Å². The summed E-state index contributed by atoms with van der Waals surface area (Å²) in [6.45, 7) is 3.47. The molecule has 7 nitrogen and oxygen atoms in total. The summed E-state index contributed by atoms with van der Waals surface area (Å²) in [4.78, 5) is 10.5. The van der Waals surface area contributed by atoms with Gasteiger partial charge in [-0.2, -0.15) is 5.10 Å². The van der Waals surface area contributed by atoms with Gasteiger partial charge in [0.25, 0.3) is 5.69 Å². The highest BCUT2D eigenvalue weighted by Crippen LogP contribution is 2.21. The van der Waals surface area contributed by atoms with E-state index >= 15 is 0 Å². The van der Waals surface area contributed by atoms with Crippen molar-refractivity contribution >= 4 is 16.6 Å². The monoisotopic (exact) mass is 327 g/mol. The van der Waals surface area contributed by atoms with Gasteiger partial charge in [-0.25, -0.2) is 0 Å². The summed E-state index contributed by atoms with van der Waals surface area (Å²) in [6.07, 6.45) is 1.69. The highest BCUT2D eigenvalue weighted by atomic mass is 16.6. The number of rotatable bonds is 7. The average Bonchev–Trinajstić information content (AvgIpc) is 2.99. The molecule has 0 saturated carbocycles. The maximum Gasteiger partial charge on any atom is 0.271 e. The third-order valence-electron chi connectivity index (χ3n) is 3.55. The van der Waals surface area contributed by atoms with Gasteiger partial charge in [0.2, 0.25) is 0 Å². The van der Waals surface area contributed by atoms with Crippen LogP contribution < -0.4 is 9.47 Å². The molecule has 3 aromatic rings. The first-order valence-corrected chi connectivity index (χ1v) is 7.63. The third kappa shape index (κ3) is 3.45. The zero-order valence-electron chi connectivity index (χ0n) is 13.2. The summed E-state index contributed by atoms with van der Waals surface area (Å²) in [5.41, 5.74) is 0.774. The average molecular weight is 327 g/mol. The zero-order valence-corrected chi connectivity index (χ0v) is 13.2. The number of hydrogen-bond donors (Lipinski definition) is 0. The molecular weight excluding hydrogens is 310 g/mol. The predicted octanol–water partition coefficient (Wildman–Crippen LogP) is 3.42. The lowest BCUT2D eigenvalue weighted by Crippen LogP contribution is -2.09. The van der Waals surface area contributed by atoms with Gasteiger partial charge in [-0.3, -0.25) is 14.8 Å². The SMILES string of the molecule is CCOc1ccc(OCCn2ncc3ccc([N+](=O)[O-])cc32)cc1. The van der Waals surface area contributed by atoms with E-state index in [0.717, 1.165) is 22.4 Å². The van der Waals surface area contributed by atoms with E-state index in [2.05, 4.69) is 5.10 Å². The van der Waals surface area contributed by atoms with E-state index in [1.54, 1.807) is 16.9 Å². The Morgan fingerprint density at radius 2 is 1.83 bits per heavy atom. The van der Waals surface area contributed by atoms with Crippen LogP contribution in [0.2, 0.25) is 0 Å². The normalized spacial score (nSPS) is 10.7. The quantitative estimate of drug-likeness (QED) is 0.491. The molecule has 0 saturated heterocycles. The van der Waals surface area contributed by atoms with Crippen LogP contribution in [0.3, 0.4) is 0 Å². The minimum atomic E-state index is -0.410. The second-order valence-electron chi connectivity index (χ2n) is 5.12. The molecule has 0 aliphatic heterocycles. The van der Waals surface area contributed by atoms with Crippen LogP contribution in [-0.2, 0) is 6.54 Å². The molecule has 0 N–H and O–H groups in total. The highest BCUT2D eigenvalue weighted by molar-refractivity contribution is 5.80. The summed E-state index contributed by atoms with van der Waals surface area (Å²) >= 11 is 0. The van der Waals surface area contributed by atoms with Gasteiger partial charge in [0, 0.05) is 17.5 Å². The molecule has 124 valence electrons. The molecule has 0 aliphatic carbocycles. The number of nitrogens with zero attached hydrogens (tertiary/aromatic N) is 3. The first-order valence-electron chi connectivity index (χ1n) is 7.63. The van der Waals surface area contributed by atoms with Crippen LogP contribution in [-0.4, -0.2) is 27.9 Å². The van der Waals surface area contributed by atoms with Gasteiger partial charge in [-0.1, -0.05) is 0 Å². The van der Waals surface area contributed by atoms with Crippen molar-refractivity contribution in [3.63, 3.8) is 0 Å². The summed E-state index contributed by atoms with van der Waals surface area (Å²) in [7, 11) is 0. The molecular formula is C17H17N3O4. The standard InChI is InChI=1S/C17H17N3O4/c1-2-23-15-5-7-16(8-6-15)24-10-9-19-17-11-14(20(21)22)4-3-13(17)12-18-19/h3-8,11-12H,2,9-10H2,1H3. The number of aromatic nitrogens is 2. The Morgan fingerprint density at radius 3 is 2.50 bits per heavy atom. The Hall–Kier alpha value is -3.09. The van der Waals surface area contributed by atoms with Crippen molar-refractivity contribution in [1.29, 1.82) is 0 Å². The molecule has 2 aromatic carbocycles. The smallest absolute Gasteiger partial charge is 0.271 e. The van der Waals surface area contributed by atoms with Crippen LogP contribution in [0.25, 0.3) is 10.9 Å². The number of benzene rings is 2. The molecule has 1 aromatic heterocycles. The molecule has 0 fully saturated rings. The number of nitro benzene ring substituents is 1. The number of non-ortho nitro benzene ring substituents is 1. The Balaban J connectivity index is 1.65. The lowest BCUT2D eigenvalue weighted by molar-refractivity contribution is -0.384. The van der Waals surface area contributed by atoms with Crippen molar-refractivity contribution in [1.82, 2.24) is 9.78 Å². The molecule has 1 heterocycles. The minimum absolute atomic E-state index is 0.0525. The summed E-state index contributed by atoms with van der Waals surface area (Å²) in [5.74, 6) is 1.54. The van der Waals surface area contributed by atoms with Gasteiger partial charge in [-0.15, -0.1) is 0 Å². The van der Waals surface area contributed by atoms with Gasteiger partial charge >= 0.3 is 0 Å². The number of nitro groups is 1. The second-order valence-corrected chi connectivity index (χ2v) is 5.12. The van der Waals surface area contributed by atoms with Crippen LogP contribution in [0.4, 0.5) is 5.69 Å². The topological polar surface area (TPSA) is 79.4 Å². The van der Waals surface area contributed by atoms with Crippen molar-refractivity contribution < 1.29 is 14.4 Å². The van der Waals surface area contributed by atoms with E-state index in [9.17, 15) is 10.1 Å². The third-order valence-corrected chi connectivity index (χ3v) is 3.55. The van der Waals surface area contributed by atoms with Crippen molar-refractivity contribution in [3.05, 3.63) is 58.8 Å². The number of fused-ring (bicyclic) bond motifs is 1.